The van der Waals surface area contributed by atoms with Crippen LogP contribution in [0.25, 0.3) is 5.69 Å². The highest BCUT2D eigenvalue weighted by molar-refractivity contribution is 5.41. The van der Waals surface area contributed by atoms with Crippen LogP contribution in [-0.4, -0.2) is 16.1 Å². The number of aryl methyl sites for hydroxylation is 1. The molecule has 0 radical (unpaired) electrons. The summed E-state index contributed by atoms with van der Waals surface area (Å²) in [6.45, 7) is 3.97. The SMILES string of the molecule is Cc1nn(-c2ccc(C#N)cc2)c(C)c1COc1ccc(OC(F)(F)F)cc1. The summed E-state index contributed by atoms with van der Waals surface area (Å²) < 4.78 is 47.9. The molecular weight excluding hydrogens is 371 g/mol. The lowest BCUT2D eigenvalue weighted by atomic mass is 10.2. The number of aromatic nitrogens is 2. The molecule has 0 saturated heterocycles. The molecule has 0 saturated carbocycles. The molecule has 0 aliphatic rings. The largest absolute Gasteiger partial charge is 0.573 e. The van der Waals surface area contributed by atoms with Gasteiger partial charge in [0.15, 0.2) is 0 Å². The minimum Gasteiger partial charge on any atom is -0.489 e. The van der Waals surface area contributed by atoms with Crippen molar-refractivity contribution in [2.45, 2.75) is 26.8 Å². The molecule has 0 unspecified atom stereocenters. The predicted octanol–water partition coefficient (Wildman–Crippen LogP) is 4.84. The van der Waals surface area contributed by atoms with Crippen molar-refractivity contribution in [3.63, 3.8) is 0 Å². The van der Waals surface area contributed by atoms with Gasteiger partial charge in [-0.2, -0.15) is 10.4 Å². The number of nitrogens with zero attached hydrogens (tertiary/aromatic N) is 3. The van der Waals surface area contributed by atoms with Crippen LogP contribution in [0.4, 0.5) is 13.2 Å². The lowest BCUT2D eigenvalue weighted by Gasteiger charge is -2.10. The Kier molecular flexibility index (Phi) is 5.27. The van der Waals surface area contributed by atoms with E-state index in [1.165, 1.54) is 24.3 Å². The zero-order chi connectivity index (χ0) is 20.3. The van der Waals surface area contributed by atoms with Gasteiger partial charge in [0.2, 0.25) is 0 Å². The zero-order valence-electron chi connectivity index (χ0n) is 15.1. The summed E-state index contributed by atoms with van der Waals surface area (Å²) in [5.74, 6) is 0.111. The van der Waals surface area contributed by atoms with Crippen LogP contribution in [0.2, 0.25) is 0 Å². The summed E-state index contributed by atoms with van der Waals surface area (Å²) in [6, 6.07) is 14.3. The van der Waals surface area contributed by atoms with E-state index in [2.05, 4.69) is 15.9 Å². The van der Waals surface area contributed by atoms with Crippen LogP contribution in [0.1, 0.15) is 22.5 Å². The number of alkyl halides is 3. The molecule has 144 valence electrons. The standard InChI is InChI=1S/C20H16F3N3O2/c1-13-19(12-27-17-7-9-18(10-8-17)28-20(21,22)23)14(2)26(25-13)16-5-3-15(11-24)4-6-16/h3-10H,12H2,1-2H3. The van der Waals surface area contributed by atoms with Gasteiger partial charge in [0, 0.05) is 11.3 Å². The number of halogens is 3. The van der Waals surface area contributed by atoms with Crippen LogP contribution in [0.3, 0.4) is 0 Å². The van der Waals surface area contributed by atoms with E-state index < -0.39 is 6.36 Å². The lowest BCUT2D eigenvalue weighted by Crippen LogP contribution is -2.16. The minimum absolute atomic E-state index is 0.216. The van der Waals surface area contributed by atoms with E-state index in [0.29, 0.717) is 11.3 Å². The molecule has 2 aromatic carbocycles. The minimum atomic E-state index is -4.73. The lowest BCUT2D eigenvalue weighted by molar-refractivity contribution is -0.274. The summed E-state index contributed by atoms with van der Waals surface area (Å²) in [6.07, 6.45) is -4.73. The summed E-state index contributed by atoms with van der Waals surface area (Å²) in [5.41, 5.74) is 3.91. The molecule has 3 rings (SSSR count). The van der Waals surface area contributed by atoms with Crippen LogP contribution in [0.15, 0.2) is 48.5 Å². The van der Waals surface area contributed by atoms with Crippen LogP contribution in [0.5, 0.6) is 11.5 Å². The Balaban J connectivity index is 1.73. The molecule has 0 N–H and O–H groups in total. The molecule has 0 fully saturated rings. The van der Waals surface area contributed by atoms with Crippen molar-refractivity contribution in [3.8, 4) is 23.3 Å². The molecule has 0 aliphatic carbocycles. The van der Waals surface area contributed by atoms with Crippen LogP contribution in [-0.2, 0) is 6.61 Å². The maximum atomic E-state index is 12.2. The van der Waals surface area contributed by atoms with E-state index in [1.54, 1.807) is 16.8 Å². The van der Waals surface area contributed by atoms with Crippen molar-refractivity contribution < 1.29 is 22.6 Å². The Morgan fingerprint density at radius 2 is 1.61 bits per heavy atom. The summed E-state index contributed by atoms with van der Waals surface area (Å²) in [5, 5.41) is 13.4. The molecule has 0 aliphatic heterocycles. The van der Waals surface area contributed by atoms with Crippen molar-refractivity contribution in [1.82, 2.24) is 9.78 Å². The third-order valence-corrected chi connectivity index (χ3v) is 4.12. The first-order valence-electron chi connectivity index (χ1n) is 8.31. The van der Waals surface area contributed by atoms with Crippen LogP contribution >= 0.6 is 0 Å². The molecule has 3 aromatic rings. The third-order valence-electron chi connectivity index (χ3n) is 4.12. The molecule has 0 bridgehead atoms. The first-order chi connectivity index (χ1) is 13.3. The van der Waals surface area contributed by atoms with Crippen molar-refractivity contribution >= 4 is 0 Å². The van der Waals surface area contributed by atoms with E-state index in [0.717, 1.165) is 22.6 Å². The van der Waals surface area contributed by atoms with Crippen molar-refractivity contribution in [2.75, 3.05) is 0 Å². The van der Waals surface area contributed by atoms with Gasteiger partial charge in [-0.25, -0.2) is 4.68 Å². The number of hydrogen-bond donors (Lipinski definition) is 0. The number of benzene rings is 2. The normalized spacial score (nSPS) is 11.1. The molecule has 0 atom stereocenters. The molecule has 28 heavy (non-hydrogen) atoms. The predicted molar refractivity (Wildman–Crippen MR) is 95.2 cm³/mol. The van der Waals surface area contributed by atoms with Crippen molar-refractivity contribution in [2.24, 2.45) is 0 Å². The highest BCUT2D eigenvalue weighted by atomic mass is 19.4. The van der Waals surface area contributed by atoms with Gasteiger partial charge in [-0.1, -0.05) is 0 Å². The Morgan fingerprint density at radius 1 is 1.00 bits per heavy atom. The zero-order valence-corrected chi connectivity index (χ0v) is 15.1. The molecule has 0 amide bonds. The number of nitriles is 1. The Hall–Kier alpha value is -3.47. The van der Waals surface area contributed by atoms with Gasteiger partial charge in [-0.15, -0.1) is 13.2 Å². The highest BCUT2D eigenvalue weighted by Gasteiger charge is 2.31. The van der Waals surface area contributed by atoms with Crippen molar-refractivity contribution in [3.05, 3.63) is 71.0 Å². The molecule has 1 aromatic heterocycles. The molecule has 1 heterocycles. The smallest absolute Gasteiger partial charge is 0.489 e. The second kappa shape index (κ2) is 7.64. The summed E-state index contributed by atoms with van der Waals surface area (Å²) in [7, 11) is 0. The van der Waals surface area contributed by atoms with E-state index in [-0.39, 0.29) is 12.4 Å². The second-order valence-corrected chi connectivity index (χ2v) is 6.03. The molecular formula is C20H16F3N3O2. The van der Waals surface area contributed by atoms with Crippen LogP contribution in [0, 0.1) is 25.2 Å². The fourth-order valence-corrected chi connectivity index (χ4v) is 2.71. The first kappa shape index (κ1) is 19.3. The average molecular weight is 387 g/mol. The van der Waals surface area contributed by atoms with Gasteiger partial charge >= 0.3 is 6.36 Å². The van der Waals surface area contributed by atoms with Gasteiger partial charge < -0.3 is 9.47 Å². The Bertz CT molecular complexity index is 1000. The summed E-state index contributed by atoms with van der Waals surface area (Å²) >= 11 is 0. The second-order valence-electron chi connectivity index (χ2n) is 6.03. The topological polar surface area (TPSA) is 60.1 Å². The maximum absolute atomic E-state index is 12.2. The number of rotatable bonds is 5. The van der Waals surface area contributed by atoms with E-state index in [1.807, 2.05) is 26.0 Å². The van der Waals surface area contributed by atoms with Gasteiger partial charge in [-0.3, -0.25) is 0 Å². The van der Waals surface area contributed by atoms with Crippen molar-refractivity contribution in [1.29, 1.82) is 5.26 Å². The quantitative estimate of drug-likeness (QED) is 0.629. The maximum Gasteiger partial charge on any atom is 0.573 e. The van der Waals surface area contributed by atoms with Gasteiger partial charge in [0.25, 0.3) is 0 Å². The van der Waals surface area contributed by atoms with E-state index in [4.69, 9.17) is 10.00 Å². The molecule has 5 nitrogen and oxygen atoms in total. The highest BCUT2D eigenvalue weighted by Crippen LogP contribution is 2.26. The number of ether oxygens (including phenoxy) is 2. The number of hydrogen-bond acceptors (Lipinski definition) is 4. The Labute approximate surface area is 159 Å². The Morgan fingerprint density at radius 3 is 2.18 bits per heavy atom. The third kappa shape index (κ3) is 4.43. The van der Waals surface area contributed by atoms with E-state index >= 15 is 0 Å². The fraction of sp³-hybridized carbons (Fsp3) is 0.200. The van der Waals surface area contributed by atoms with Crippen LogP contribution < -0.4 is 9.47 Å². The van der Waals surface area contributed by atoms with Gasteiger partial charge in [0.05, 0.1) is 23.0 Å². The van der Waals surface area contributed by atoms with Gasteiger partial charge in [0.1, 0.15) is 18.1 Å². The fourth-order valence-electron chi connectivity index (χ4n) is 2.71. The average Bonchev–Trinajstić information content (AvgIpc) is 2.94. The van der Waals surface area contributed by atoms with E-state index in [9.17, 15) is 13.2 Å². The molecule has 8 heteroatoms. The monoisotopic (exact) mass is 387 g/mol. The van der Waals surface area contributed by atoms with Gasteiger partial charge in [-0.05, 0) is 62.4 Å². The molecule has 0 spiro atoms. The summed E-state index contributed by atoms with van der Waals surface area (Å²) in [4.78, 5) is 0. The first-order valence-corrected chi connectivity index (χ1v) is 8.31.